The van der Waals surface area contributed by atoms with Gasteiger partial charge in [-0.3, -0.25) is 9.59 Å². The Hall–Kier alpha value is -1.62. The van der Waals surface area contributed by atoms with Crippen molar-refractivity contribution in [3.63, 3.8) is 0 Å². The standard InChI is InChI=1S/C20H24O5/c1-9-7-20-8-10(9)4-5-12(20)11-6-13-16(21)19(2,18(23)25-13)14(11)15(20)17(22)24-3/h6,10,12-16,21H,1,4-5,7-8H2,2-3H3. The third-order valence-corrected chi connectivity index (χ3v) is 8.04. The van der Waals surface area contributed by atoms with E-state index in [2.05, 4.69) is 6.58 Å². The van der Waals surface area contributed by atoms with Gasteiger partial charge in [-0.05, 0) is 55.9 Å². The number of carbonyl (C=O) groups is 2. The first-order chi connectivity index (χ1) is 11.8. The average molecular weight is 344 g/mol. The maximum atomic E-state index is 12.9. The summed E-state index contributed by atoms with van der Waals surface area (Å²) in [5, 5.41) is 10.8. The summed E-state index contributed by atoms with van der Waals surface area (Å²) in [6, 6.07) is 0. The fourth-order valence-corrected chi connectivity index (χ4v) is 6.98. The van der Waals surface area contributed by atoms with Gasteiger partial charge >= 0.3 is 11.9 Å². The first-order valence-electron chi connectivity index (χ1n) is 9.21. The van der Waals surface area contributed by atoms with E-state index in [1.54, 1.807) is 6.92 Å². The number of aliphatic hydroxyl groups excluding tert-OH is 1. The normalized spacial score (nSPS) is 52.4. The molecule has 1 saturated heterocycles. The molecule has 5 aliphatic rings. The Morgan fingerprint density at radius 1 is 1.44 bits per heavy atom. The molecule has 5 nitrogen and oxygen atoms in total. The van der Waals surface area contributed by atoms with Crippen LogP contribution in [0.4, 0.5) is 0 Å². The zero-order valence-corrected chi connectivity index (χ0v) is 14.7. The fourth-order valence-electron chi connectivity index (χ4n) is 6.98. The number of aliphatic hydroxyl groups is 1. The quantitative estimate of drug-likeness (QED) is 0.582. The molecule has 1 aliphatic heterocycles. The van der Waals surface area contributed by atoms with Crippen molar-refractivity contribution in [1.82, 2.24) is 0 Å². The van der Waals surface area contributed by atoms with Crippen LogP contribution in [0.2, 0.25) is 0 Å². The molecule has 0 aromatic rings. The number of esters is 2. The first-order valence-corrected chi connectivity index (χ1v) is 9.21. The van der Waals surface area contributed by atoms with E-state index in [4.69, 9.17) is 9.47 Å². The topological polar surface area (TPSA) is 72.8 Å². The van der Waals surface area contributed by atoms with Crippen LogP contribution in [0.5, 0.6) is 0 Å². The number of methoxy groups -OCH3 is 1. The number of fused-ring (bicyclic) bond motifs is 6. The molecule has 0 radical (unpaired) electrons. The predicted octanol–water partition coefficient (Wildman–Crippen LogP) is 2.00. The van der Waals surface area contributed by atoms with E-state index in [-0.39, 0.29) is 23.2 Å². The highest BCUT2D eigenvalue weighted by atomic mass is 16.6. The molecule has 5 heteroatoms. The van der Waals surface area contributed by atoms with Crippen molar-refractivity contribution in [3.05, 3.63) is 23.8 Å². The van der Waals surface area contributed by atoms with Gasteiger partial charge in [0.25, 0.3) is 0 Å². The molecule has 134 valence electrons. The largest absolute Gasteiger partial charge is 0.469 e. The number of rotatable bonds is 1. The lowest BCUT2D eigenvalue weighted by Crippen LogP contribution is -2.50. The van der Waals surface area contributed by atoms with Gasteiger partial charge in [0.1, 0.15) is 17.6 Å². The minimum Gasteiger partial charge on any atom is -0.469 e. The summed E-state index contributed by atoms with van der Waals surface area (Å²) in [4.78, 5) is 25.6. The smallest absolute Gasteiger partial charge is 0.315 e. The lowest BCUT2D eigenvalue weighted by Gasteiger charge is -2.40. The van der Waals surface area contributed by atoms with E-state index in [1.165, 1.54) is 12.7 Å². The van der Waals surface area contributed by atoms with Gasteiger partial charge in [-0.25, -0.2) is 0 Å². The minimum absolute atomic E-state index is 0.211. The van der Waals surface area contributed by atoms with Gasteiger partial charge in [0, 0.05) is 5.92 Å². The zero-order valence-electron chi connectivity index (χ0n) is 14.7. The second-order valence-electron chi connectivity index (χ2n) is 8.84. The van der Waals surface area contributed by atoms with Gasteiger partial charge in [0.15, 0.2) is 0 Å². The molecule has 5 rings (SSSR count). The van der Waals surface area contributed by atoms with Crippen LogP contribution < -0.4 is 0 Å². The molecular weight excluding hydrogens is 320 g/mol. The Labute approximate surface area is 147 Å². The van der Waals surface area contributed by atoms with E-state index in [9.17, 15) is 14.7 Å². The summed E-state index contributed by atoms with van der Waals surface area (Å²) in [5.74, 6) is -0.691. The Bertz CT molecular complexity index is 738. The van der Waals surface area contributed by atoms with Crippen LogP contribution in [0.25, 0.3) is 0 Å². The highest BCUT2D eigenvalue weighted by molar-refractivity contribution is 5.85. The summed E-state index contributed by atoms with van der Waals surface area (Å²) in [6.07, 6.45) is 4.31. The van der Waals surface area contributed by atoms with Gasteiger partial charge in [-0.15, -0.1) is 0 Å². The van der Waals surface area contributed by atoms with Crippen LogP contribution in [0.15, 0.2) is 23.8 Å². The van der Waals surface area contributed by atoms with E-state index in [1.807, 2.05) is 6.08 Å². The molecule has 1 heterocycles. The van der Waals surface area contributed by atoms with E-state index >= 15 is 0 Å². The molecule has 3 saturated carbocycles. The summed E-state index contributed by atoms with van der Waals surface area (Å²) in [6.45, 7) is 6.04. The molecule has 8 unspecified atom stereocenters. The van der Waals surface area contributed by atoms with Crippen LogP contribution in [-0.2, 0) is 19.1 Å². The number of allylic oxidation sites excluding steroid dienone is 2. The SMILES string of the molecule is C=C1CC23CC1CCC2C1=CC2OC(=O)C(C)(C2O)C1C3C(=O)OC. The Morgan fingerprint density at radius 3 is 2.92 bits per heavy atom. The molecule has 4 bridgehead atoms. The third-order valence-electron chi connectivity index (χ3n) is 8.04. The average Bonchev–Trinajstić information content (AvgIpc) is 3.06. The zero-order chi connectivity index (χ0) is 17.7. The summed E-state index contributed by atoms with van der Waals surface area (Å²) < 4.78 is 10.6. The van der Waals surface area contributed by atoms with E-state index < -0.39 is 29.5 Å². The Balaban J connectivity index is 1.74. The molecule has 25 heavy (non-hydrogen) atoms. The summed E-state index contributed by atoms with van der Waals surface area (Å²) in [5.41, 5.74) is 1.09. The number of hydrogen-bond donors (Lipinski definition) is 1. The summed E-state index contributed by atoms with van der Waals surface area (Å²) >= 11 is 0. The van der Waals surface area contributed by atoms with Crippen LogP contribution in [0.3, 0.4) is 0 Å². The summed E-state index contributed by atoms with van der Waals surface area (Å²) in [7, 11) is 1.41. The monoisotopic (exact) mass is 344 g/mol. The Morgan fingerprint density at radius 2 is 2.20 bits per heavy atom. The van der Waals surface area contributed by atoms with Crippen molar-refractivity contribution in [1.29, 1.82) is 0 Å². The van der Waals surface area contributed by atoms with Crippen molar-refractivity contribution in [2.75, 3.05) is 7.11 Å². The maximum absolute atomic E-state index is 12.9. The van der Waals surface area contributed by atoms with Crippen molar-refractivity contribution in [3.8, 4) is 0 Å². The van der Waals surface area contributed by atoms with Crippen LogP contribution in [-0.4, -0.2) is 36.4 Å². The van der Waals surface area contributed by atoms with E-state index in [0.717, 1.165) is 31.3 Å². The molecular formula is C20H24O5. The van der Waals surface area contributed by atoms with Gasteiger partial charge in [0.2, 0.25) is 0 Å². The number of carbonyl (C=O) groups excluding carboxylic acids is 2. The maximum Gasteiger partial charge on any atom is 0.315 e. The third kappa shape index (κ3) is 1.55. The fraction of sp³-hybridized carbons (Fsp3) is 0.700. The lowest BCUT2D eigenvalue weighted by atomic mass is 9.61. The molecule has 0 aromatic carbocycles. The minimum atomic E-state index is -1.07. The second kappa shape index (κ2) is 4.56. The van der Waals surface area contributed by atoms with Crippen LogP contribution in [0, 0.1) is 34.5 Å². The first kappa shape index (κ1) is 15.6. The van der Waals surface area contributed by atoms with Crippen LogP contribution in [0.1, 0.15) is 32.6 Å². The van der Waals surface area contributed by atoms with Crippen molar-refractivity contribution >= 4 is 11.9 Å². The molecule has 4 fully saturated rings. The van der Waals surface area contributed by atoms with E-state index in [0.29, 0.717) is 5.92 Å². The van der Waals surface area contributed by atoms with Gasteiger partial charge in [0.05, 0.1) is 13.0 Å². The van der Waals surface area contributed by atoms with Crippen LogP contribution >= 0.6 is 0 Å². The molecule has 8 atom stereocenters. The van der Waals surface area contributed by atoms with Gasteiger partial charge in [-0.1, -0.05) is 17.7 Å². The Kier molecular flexibility index (Phi) is 2.85. The molecule has 4 aliphatic carbocycles. The highest BCUT2D eigenvalue weighted by Crippen LogP contribution is 2.73. The molecule has 1 N–H and O–H groups in total. The number of hydrogen-bond acceptors (Lipinski definition) is 5. The lowest BCUT2D eigenvalue weighted by molar-refractivity contribution is -0.159. The van der Waals surface area contributed by atoms with Gasteiger partial charge < -0.3 is 14.6 Å². The predicted molar refractivity (Wildman–Crippen MR) is 88.1 cm³/mol. The second-order valence-corrected chi connectivity index (χ2v) is 8.84. The molecule has 0 amide bonds. The van der Waals surface area contributed by atoms with Crippen molar-refractivity contribution < 1.29 is 24.2 Å². The number of ether oxygens (including phenoxy) is 2. The van der Waals surface area contributed by atoms with Gasteiger partial charge in [-0.2, -0.15) is 0 Å². The highest BCUT2D eigenvalue weighted by Gasteiger charge is 2.74. The molecule has 0 aromatic heterocycles. The molecule has 1 spiro atoms. The van der Waals surface area contributed by atoms with Crippen molar-refractivity contribution in [2.24, 2.45) is 34.5 Å². The van der Waals surface area contributed by atoms with Crippen molar-refractivity contribution in [2.45, 2.75) is 44.8 Å².